The van der Waals surface area contributed by atoms with E-state index in [2.05, 4.69) is 48.5 Å². The van der Waals surface area contributed by atoms with Gasteiger partial charge in [0.1, 0.15) is 0 Å². The minimum absolute atomic E-state index is 0.188. The van der Waals surface area contributed by atoms with Crippen molar-refractivity contribution in [1.29, 1.82) is 0 Å². The van der Waals surface area contributed by atoms with Crippen LogP contribution in [0.3, 0.4) is 0 Å². The number of hydrogen-bond donors (Lipinski definition) is 1. The zero-order valence-electron chi connectivity index (χ0n) is 14.5. The maximum Gasteiger partial charge on any atom is 0.194 e. The van der Waals surface area contributed by atoms with Crippen LogP contribution in [-0.4, -0.2) is 56.9 Å². The third kappa shape index (κ3) is 5.22. The fraction of sp³-hybridized carbons (Fsp3) is 0.611. The molecule has 0 atom stereocenters. The topological polar surface area (TPSA) is 46.1 Å². The van der Waals surface area contributed by atoms with Crippen molar-refractivity contribution in [3.05, 3.63) is 35.9 Å². The number of benzene rings is 1. The second kappa shape index (κ2) is 8.89. The summed E-state index contributed by atoms with van der Waals surface area (Å²) in [6.07, 6.45) is 1.80. The van der Waals surface area contributed by atoms with Gasteiger partial charge in [-0.05, 0) is 12.5 Å². The van der Waals surface area contributed by atoms with Gasteiger partial charge < -0.3 is 19.7 Å². The van der Waals surface area contributed by atoms with Crippen LogP contribution >= 0.6 is 0 Å². The molecule has 1 saturated heterocycles. The van der Waals surface area contributed by atoms with E-state index in [0.29, 0.717) is 6.54 Å². The number of methoxy groups -OCH3 is 1. The smallest absolute Gasteiger partial charge is 0.194 e. The van der Waals surface area contributed by atoms with E-state index in [1.165, 1.54) is 5.56 Å². The van der Waals surface area contributed by atoms with Crippen LogP contribution in [0.15, 0.2) is 35.3 Å². The summed E-state index contributed by atoms with van der Waals surface area (Å²) in [6, 6.07) is 10.4. The van der Waals surface area contributed by atoms with E-state index in [4.69, 9.17) is 14.5 Å². The number of aliphatic imine (C=N–C) groups is 1. The molecule has 1 fully saturated rings. The van der Waals surface area contributed by atoms with E-state index in [9.17, 15) is 0 Å². The molecular formula is C18H29N3O2. The molecule has 0 aliphatic carbocycles. The van der Waals surface area contributed by atoms with Crippen LogP contribution in [0.5, 0.6) is 0 Å². The van der Waals surface area contributed by atoms with Crippen molar-refractivity contribution in [1.82, 2.24) is 10.2 Å². The van der Waals surface area contributed by atoms with Crippen LogP contribution in [0.1, 0.15) is 25.3 Å². The Morgan fingerprint density at radius 2 is 2.00 bits per heavy atom. The van der Waals surface area contributed by atoms with Crippen molar-refractivity contribution in [3.8, 4) is 0 Å². The molecule has 5 heteroatoms. The van der Waals surface area contributed by atoms with Crippen LogP contribution in [0.4, 0.5) is 0 Å². The fourth-order valence-electron chi connectivity index (χ4n) is 2.79. The van der Waals surface area contributed by atoms with Gasteiger partial charge in [0.2, 0.25) is 0 Å². The highest BCUT2D eigenvalue weighted by atomic mass is 16.5. The molecule has 0 saturated carbocycles. The van der Waals surface area contributed by atoms with Gasteiger partial charge in [-0.3, -0.25) is 4.99 Å². The molecule has 5 nitrogen and oxygen atoms in total. The molecule has 1 aliphatic heterocycles. The van der Waals surface area contributed by atoms with Crippen molar-refractivity contribution in [3.63, 3.8) is 0 Å². The van der Waals surface area contributed by atoms with E-state index in [1.54, 1.807) is 7.11 Å². The molecule has 23 heavy (non-hydrogen) atoms. The average molecular weight is 319 g/mol. The Morgan fingerprint density at radius 1 is 1.30 bits per heavy atom. The summed E-state index contributed by atoms with van der Waals surface area (Å²) in [6.45, 7) is 5.93. The predicted octanol–water partition coefficient (Wildman–Crippen LogP) is 2.28. The van der Waals surface area contributed by atoms with Crippen LogP contribution < -0.4 is 5.32 Å². The lowest BCUT2D eigenvalue weighted by atomic mass is 9.94. The second-order valence-electron chi connectivity index (χ2n) is 6.01. The van der Waals surface area contributed by atoms with Gasteiger partial charge in [-0.15, -0.1) is 0 Å². The Labute approximate surface area is 139 Å². The van der Waals surface area contributed by atoms with Gasteiger partial charge in [-0.1, -0.05) is 30.3 Å². The molecule has 1 aromatic rings. The molecule has 128 valence electrons. The van der Waals surface area contributed by atoms with Gasteiger partial charge >= 0.3 is 0 Å². The predicted molar refractivity (Wildman–Crippen MR) is 93.7 cm³/mol. The summed E-state index contributed by atoms with van der Waals surface area (Å²) in [4.78, 5) is 6.98. The first-order valence-electron chi connectivity index (χ1n) is 8.35. The highest BCUT2D eigenvalue weighted by Crippen LogP contribution is 2.24. The monoisotopic (exact) mass is 319 g/mol. The largest absolute Gasteiger partial charge is 0.381 e. The molecule has 0 aromatic heterocycles. The van der Waals surface area contributed by atoms with Crippen molar-refractivity contribution in [2.75, 3.05) is 40.5 Å². The number of ether oxygens (including phenoxy) is 2. The summed E-state index contributed by atoms with van der Waals surface area (Å²) < 4.78 is 11.2. The first kappa shape index (κ1) is 17.8. The number of rotatable bonds is 6. The lowest BCUT2D eigenvalue weighted by molar-refractivity contribution is -0.0829. The first-order valence-corrected chi connectivity index (χ1v) is 8.35. The summed E-state index contributed by atoms with van der Waals surface area (Å²) in [7, 11) is 3.85. The Bertz CT molecular complexity index is 484. The van der Waals surface area contributed by atoms with Crippen molar-refractivity contribution < 1.29 is 9.47 Å². The van der Waals surface area contributed by atoms with Gasteiger partial charge in [-0.2, -0.15) is 0 Å². The van der Waals surface area contributed by atoms with Gasteiger partial charge in [0.25, 0.3) is 0 Å². The van der Waals surface area contributed by atoms with E-state index in [1.807, 2.05) is 6.07 Å². The minimum atomic E-state index is -0.188. The van der Waals surface area contributed by atoms with Crippen molar-refractivity contribution in [2.45, 2.75) is 31.9 Å². The molecule has 0 amide bonds. The normalized spacial score (nSPS) is 17.8. The molecular weight excluding hydrogens is 290 g/mol. The van der Waals surface area contributed by atoms with Crippen LogP contribution in [0, 0.1) is 0 Å². The SMILES string of the molecule is CCNC(=NCC1(OC)CCOCC1)N(C)Cc1ccccc1. The van der Waals surface area contributed by atoms with E-state index in [-0.39, 0.29) is 5.60 Å². The summed E-state index contributed by atoms with van der Waals surface area (Å²) in [5, 5.41) is 3.37. The number of nitrogens with one attached hydrogen (secondary N) is 1. The van der Waals surface area contributed by atoms with Crippen LogP contribution in [0.2, 0.25) is 0 Å². The summed E-state index contributed by atoms with van der Waals surface area (Å²) >= 11 is 0. The third-order valence-corrected chi connectivity index (χ3v) is 4.31. The molecule has 1 N–H and O–H groups in total. The van der Waals surface area contributed by atoms with Gasteiger partial charge in [0, 0.05) is 53.3 Å². The van der Waals surface area contributed by atoms with Crippen molar-refractivity contribution >= 4 is 5.96 Å². The third-order valence-electron chi connectivity index (χ3n) is 4.31. The Kier molecular flexibility index (Phi) is 6.86. The minimum Gasteiger partial charge on any atom is -0.381 e. The quantitative estimate of drug-likeness (QED) is 0.645. The highest BCUT2D eigenvalue weighted by molar-refractivity contribution is 5.79. The highest BCUT2D eigenvalue weighted by Gasteiger charge is 2.32. The molecule has 0 radical (unpaired) electrons. The van der Waals surface area contributed by atoms with Crippen molar-refractivity contribution in [2.24, 2.45) is 4.99 Å². The Morgan fingerprint density at radius 3 is 2.61 bits per heavy atom. The number of guanidine groups is 1. The van der Waals surface area contributed by atoms with Crippen LogP contribution in [-0.2, 0) is 16.0 Å². The van der Waals surface area contributed by atoms with E-state index >= 15 is 0 Å². The molecule has 0 spiro atoms. The first-order chi connectivity index (χ1) is 11.2. The molecule has 0 unspecified atom stereocenters. The molecule has 0 bridgehead atoms. The molecule has 1 heterocycles. The molecule has 2 rings (SSSR count). The summed E-state index contributed by atoms with van der Waals surface area (Å²) in [5.74, 6) is 0.916. The Hall–Kier alpha value is -1.59. The molecule has 1 aromatic carbocycles. The van der Waals surface area contributed by atoms with E-state index in [0.717, 1.165) is 45.1 Å². The average Bonchev–Trinajstić information content (AvgIpc) is 2.60. The Balaban J connectivity index is 2.03. The van der Waals surface area contributed by atoms with Gasteiger partial charge in [0.05, 0.1) is 12.1 Å². The van der Waals surface area contributed by atoms with Crippen LogP contribution in [0.25, 0.3) is 0 Å². The maximum absolute atomic E-state index is 5.77. The number of hydrogen-bond acceptors (Lipinski definition) is 3. The molecule has 1 aliphatic rings. The van der Waals surface area contributed by atoms with E-state index < -0.39 is 0 Å². The fourth-order valence-corrected chi connectivity index (χ4v) is 2.79. The maximum atomic E-state index is 5.77. The zero-order valence-corrected chi connectivity index (χ0v) is 14.5. The second-order valence-corrected chi connectivity index (χ2v) is 6.01. The zero-order chi connectivity index (χ0) is 16.5. The van der Waals surface area contributed by atoms with Gasteiger partial charge in [0.15, 0.2) is 5.96 Å². The van der Waals surface area contributed by atoms with Gasteiger partial charge in [-0.25, -0.2) is 0 Å². The lowest BCUT2D eigenvalue weighted by Gasteiger charge is -2.35. The lowest BCUT2D eigenvalue weighted by Crippen LogP contribution is -2.44. The number of nitrogens with zero attached hydrogens (tertiary/aromatic N) is 2. The standard InChI is InChI=1S/C18H29N3O2/c1-4-19-17(21(2)14-16-8-6-5-7-9-16)20-15-18(22-3)10-12-23-13-11-18/h5-9H,4,10-15H2,1-3H3,(H,19,20). The summed E-state index contributed by atoms with van der Waals surface area (Å²) in [5.41, 5.74) is 1.08.